The molecule has 37 heavy (non-hydrogen) atoms. The van der Waals surface area contributed by atoms with Gasteiger partial charge in [-0.1, -0.05) is 36.4 Å². The average Bonchev–Trinajstić information content (AvgIpc) is 2.93. The minimum atomic E-state index is -0.522. The van der Waals surface area contributed by atoms with E-state index in [0.29, 0.717) is 5.69 Å². The molecule has 9 heteroatoms. The molecule has 3 aromatic rings. The highest BCUT2D eigenvalue weighted by Crippen LogP contribution is 2.38. The Morgan fingerprint density at radius 1 is 0.946 bits per heavy atom. The molecule has 3 aromatic carbocycles. The fraction of sp³-hybridized carbons (Fsp3) is 0.357. The van der Waals surface area contributed by atoms with Crippen LogP contribution in [0.5, 0.6) is 0 Å². The number of piperazine rings is 1. The Hall–Kier alpha value is -3.50. The van der Waals surface area contributed by atoms with Crippen LogP contribution in [-0.4, -0.2) is 53.8 Å². The van der Waals surface area contributed by atoms with Gasteiger partial charge < -0.3 is 25.2 Å². The van der Waals surface area contributed by atoms with Crippen LogP contribution < -0.4 is 10.6 Å². The first-order valence-electron chi connectivity index (χ1n) is 12.6. The summed E-state index contributed by atoms with van der Waals surface area (Å²) in [5.41, 5.74) is 10.6. The van der Waals surface area contributed by atoms with Gasteiger partial charge in [0.2, 0.25) is 0 Å². The summed E-state index contributed by atoms with van der Waals surface area (Å²) in [5.74, 6) is 0. The molecule has 3 atom stereocenters. The van der Waals surface area contributed by atoms with E-state index >= 15 is 0 Å². The molecule has 0 unspecified atom stereocenters. The van der Waals surface area contributed by atoms with Gasteiger partial charge in [0.15, 0.2) is 6.29 Å². The zero-order valence-electron chi connectivity index (χ0n) is 20.6. The number of anilines is 2. The molecule has 2 aliphatic heterocycles. The molecule has 194 valence electrons. The number of aliphatic hydroxyl groups excluding tert-OH is 1. The molecule has 0 aromatic heterocycles. The van der Waals surface area contributed by atoms with E-state index in [4.69, 9.17) is 15.2 Å². The summed E-state index contributed by atoms with van der Waals surface area (Å²) < 4.78 is 12.8. The number of non-ortho nitro benzene ring substituents is 1. The topological polar surface area (TPSA) is 114 Å². The highest BCUT2D eigenvalue weighted by molar-refractivity contribution is 5.51. The number of ether oxygens (including phenoxy) is 2. The Kier molecular flexibility index (Phi) is 7.66. The van der Waals surface area contributed by atoms with E-state index in [1.807, 2.05) is 60.7 Å². The molecule has 0 bridgehead atoms. The lowest BCUT2D eigenvalue weighted by molar-refractivity contribution is -0.384. The maximum Gasteiger partial charge on any atom is 0.269 e. The molecular formula is C28H32N4O5. The number of hydrogen-bond donors (Lipinski definition) is 2. The van der Waals surface area contributed by atoms with Crippen molar-refractivity contribution in [3.05, 3.63) is 99.6 Å². The standard InChI is InChI=1S/C28H32N4O5/c29-23-3-1-2-22(16-23)28-36-26(17-27(37-28)21-6-4-20(19-33)5-7-21)18-30-12-14-31(15-13-30)24-8-10-25(11-9-24)32(34)35/h1-11,16,26-28,33H,12-15,17-19,29H2/t26-,27+,28+/m1/s1. The molecule has 0 saturated carbocycles. The van der Waals surface area contributed by atoms with Crippen molar-refractivity contribution in [3.8, 4) is 0 Å². The normalized spacial score (nSPS) is 22.6. The molecule has 0 radical (unpaired) electrons. The predicted molar refractivity (Wildman–Crippen MR) is 141 cm³/mol. The summed E-state index contributed by atoms with van der Waals surface area (Å²) in [6, 6.07) is 22.2. The molecule has 2 saturated heterocycles. The van der Waals surface area contributed by atoms with Crippen LogP contribution in [0.25, 0.3) is 0 Å². The highest BCUT2D eigenvalue weighted by Gasteiger charge is 2.34. The zero-order chi connectivity index (χ0) is 25.8. The van der Waals surface area contributed by atoms with Crippen LogP contribution in [0.1, 0.15) is 35.5 Å². The van der Waals surface area contributed by atoms with Crippen LogP contribution in [0, 0.1) is 10.1 Å². The number of nitro benzene ring substituents is 1. The van der Waals surface area contributed by atoms with Crippen molar-refractivity contribution in [2.24, 2.45) is 0 Å². The lowest BCUT2D eigenvalue weighted by Crippen LogP contribution is -2.49. The minimum Gasteiger partial charge on any atom is -0.399 e. The predicted octanol–water partition coefficient (Wildman–Crippen LogP) is 4.04. The summed E-state index contributed by atoms with van der Waals surface area (Å²) in [7, 11) is 0. The monoisotopic (exact) mass is 504 g/mol. The molecule has 2 fully saturated rings. The van der Waals surface area contributed by atoms with Crippen molar-refractivity contribution in [2.75, 3.05) is 43.4 Å². The number of hydrogen-bond acceptors (Lipinski definition) is 8. The van der Waals surface area contributed by atoms with E-state index in [0.717, 1.165) is 61.5 Å². The first-order chi connectivity index (χ1) is 18.0. The smallest absolute Gasteiger partial charge is 0.269 e. The minimum absolute atomic E-state index is 0.00923. The van der Waals surface area contributed by atoms with Gasteiger partial charge in [0.05, 0.1) is 23.7 Å². The number of aliphatic hydroxyl groups is 1. The zero-order valence-corrected chi connectivity index (χ0v) is 20.6. The van der Waals surface area contributed by atoms with Crippen molar-refractivity contribution in [3.63, 3.8) is 0 Å². The van der Waals surface area contributed by atoms with E-state index in [9.17, 15) is 15.2 Å². The first-order valence-corrected chi connectivity index (χ1v) is 12.6. The second-order valence-electron chi connectivity index (χ2n) is 9.58. The quantitative estimate of drug-likeness (QED) is 0.282. The molecule has 2 heterocycles. The maximum absolute atomic E-state index is 10.9. The van der Waals surface area contributed by atoms with Crippen LogP contribution >= 0.6 is 0 Å². The molecule has 9 nitrogen and oxygen atoms in total. The fourth-order valence-electron chi connectivity index (χ4n) is 5.00. The van der Waals surface area contributed by atoms with Crippen LogP contribution in [0.15, 0.2) is 72.8 Å². The highest BCUT2D eigenvalue weighted by atomic mass is 16.7. The van der Waals surface area contributed by atoms with Gasteiger partial charge in [-0.3, -0.25) is 15.0 Å². The van der Waals surface area contributed by atoms with Crippen LogP contribution in [-0.2, 0) is 16.1 Å². The van der Waals surface area contributed by atoms with Gasteiger partial charge in [0, 0.05) is 68.2 Å². The van der Waals surface area contributed by atoms with E-state index < -0.39 is 6.29 Å². The van der Waals surface area contributed by atoms with Gasteiger partial charge in [-0.2, -0.15) is 0 Å². The van der Waals surface area contributed by atoms with Gasteiger partial charge >= 0.3 is 0 Å². The molecular weight excluding hydrogens is 472 g/mol. The van der Waals surface area contributed by atoms with Gasteiger partial charge in [-0.05, 0) is 35.4 Å². The van der Waals surface area contributed by atoms with E-state index in [1.165, 1.54) is 0 Å². The van der Waals surface area contributed by atoms with Crippen LogP contribution in [0.3, 0.4) is 0 Å². The molecule has 3 N–H and O–H groups in total. The van der Waals surface area contributed by atoms with E-state index in [1.54, 1.807) is 12.1 Å². The number of benzene rings is 3. The van der Waals surface area contributed by atoms with E-state index in [2.05, 4.69) is 9.80 Å². The van der Waals surface area contributed by atoms with E-state index in [-0.39, 0.29) is 29.4 Å². The number of nitro groups is 1. The first kappa shape index (κ1) is 25.2. The SMILES string of the molecule is Nc1cccc([C@H]2O[C@@H](CN3CCN(c4ccc([N+](=O)[O-])cc4)CC3)C[C@@H](c3ccc(CO)cc3)O2)c1. The number of rotatable bonds is 7. The second kappa shape index (κ2) is 11.3. The summed E-state index contributed by atoms with van der Waals surface area (Å²) in [5, 5.41) is 20.3. The van der Waals surface area contributed by atoms with Crippen LogP contribution in [0.2, 0.25) is 0 Å². The number of nitrogen functional groups attached to an aromatic ring is 1. The van der Waals surface area contributed by atoms with Crippen molar-refractivity contribution in [2.45, 2.75) is 31.5 Å². The van der Waals surface area contributed by atoms with Crippen molar-refractivity contribution in [1.29, 1.82) is 0 Å². The Morgan fingerprint density at radius 3 is 2.32 bits per heavy atom. The summed E-state index contributed by atoms with van der Waals surface area (Å²) in [6.07, 6.45) is 0.0268. The third kappa shape index (κ3) is 6.08. The number of nitrogens with two attached hydrogens (primary N) is 1. The summed E-state index contributed by atoms with van der Waals surface area (Å²) >= 11 is 0. The molecule has 5 rings (SSSR count). The Balaban J connectivity index is 1.25. The molecule has 0 spiro atoms. The number of nitrogens with zero attached hydrogens (tertiary/aromatic N) is 3. The second-order valence-corrected chi connectivity index (χ2v) is 9.58. The van der Waals surface area contributed by atoms with Crippen molar-refractivity contribution < 1.29 is 19.5 Å². The lowest BCUT2D eigenvalue weighted by atomic mass is 9.99. The van der Waals surface area contributed by atoms with Crippen molar-refractivity contribution >= 4 is 17.1 Å². The molecule has 2 aliphatic rings. The van der Waals surface area contributed by atoms with Crippen molar-refractivity contribution in [1.82, 2.24) is 4.90 Å². The molecule has 0 aliphatic carbocycles. The van der Waals surface area contributed by atoms with Gasteiger partial charge in [0.1, 0.15) is 0 Å². The Morgan fingerprint density at radius 2 is 1.68 bits per heavy atom. The average molecular weight is 505 g/mol. The summed E-state index contributed by atoms with van der Waals surface area (Å²) in [6.45, 7) is 4.21. The largest absolute Gasteiger partial charge is 0.399 e. The maximum atomic E-state index is 10.9. The van der Waals surface area contributed by atoms with Gasteiger partial charge in [-0.25, -0.2) is 0 Å². The third-order valence-corrected chi connectivity index (χ3v) is 7.06. The third-order valence-electron chi connectivity index (χ3n) is 7.06. The Bertz CT molecular complexity index is 1200. The molecule has 0 amide bonds. The Labute approximate surface area is 216 Å². The summed E-state index contributed by atoms with van der Waals surface area (Å²) in [4.78, 5) is 15.2. The van der Waals surface area contributed by atoms with Gasteiger partial charge in [0.25, 0.3) is 5.69 Å². The lowest BCUT2D eigenvalue weighted by Gasteiger charge is -2.41. The van der Waals surface area contributed by atoms with Gasteiger partial charge in [-0.15, -0.1) is 0 Å². The fourth-order valence-corrected chi connectivity index (χ4v) is 5.00. The van der Waals surface area contributed by atoms with Crippen LogP contribution in [0.4, 0.5) is 17.1 Å².